The molecule has 1 amide bonds. The molecule has 118 valence electrons. The van der Waals surface area contributed by atoms with E-state index in [2.05, 4.69) is 33.0 Å². The minimum absolute atomic E-state index is 0.000625. The molecule has 0 aliphatic carbocycles. The molecule has 5 heteroatoms. The van der Waals surface area contributed by atoms with Crippen molar-refractivity contribution in [3.8, 4) is 0 Å². The van der Waals surface area contributed by atoms with Crippen LogP contribution in [-0.4, -0.2) is 23.4 Å². The highest BCUT2D eigenvalue weighted by atomic mass is 79.9. The second-order valence-corrected chi connectivity index (χ2v) is 7.36. The Morgan fingerprint density at radius 2 is 1.74 bits per heavy atom. The Bertz CT molecular complexity index is 732. The Kier molecular flexibility index (Phi) is 3.92. The Labute approximate surface area is 149 Å². The van der Waals surface area contributed by atoms with E-state index < -0.39 is 0 Å². The van der Waals surface area contributed by atoms with Gasteiger partial charge in [-0.3, -0.25) is 14.6 Å². The number of amides is 1. The summed E-state index contributed by atoms with van der Waals surface area (Å²) >= 11 is 9.48. The van der Waals surface area contributed by atoms with Crippen LogP contribution in [0.3, 0.4) is 0 Å². The fraction of sp³-hybridized carbons (Fsp3) is 0.278. The molecule has 0 saturated carbocycles. The minimum Gasteiger partial charge on any atom is -0.291 e. The van der Waals surface area contributed by atoms with Crippen molar-refractivity contribution in [3.63, 3.8) is 0 Å². The summed E-state index contributed by atoms with van der Waals surface area (Å²) in [6.07, 6.45) is 1.98. The zero-order chi connectivity index (χ0) is 16.0. The number of hydrogen-bond acceptors (Lipinski definition) is 2. The van der Waals surface area contributed by atoms with E-state index in [0.29, 0.717) is 5.02 Å². The van der Waals surface area contributed by atoms with Crippen molar-refractivity contribution in [2.24, 2.45) is 0 Å². The standard InChI is InChI=1S/C18H16BrClN2O/c19-13-5-3-12(4-6-13)17-21-11-1-2-16(21)18(23)22(17)15-9-7-14(20)8-10-15/h3-10,16-17H,1-2,11H2. The summed E-state index contributed by atoms with van der Waals surface area (Å²) in [4.78, 5) is 17.2. The number of carbonyl (C=O) groups is 1. The van der Waals surface area contributed by atoms with Crippen LogP contribution in [0.15, 0.2) is 53.0 Å². The molecular formula is C18H16BrClN2O. The maximum atomic E-state index is 13.0. The molecule has 2 unspecified atom stereocenters. The van der Waals surface area contributed by atoms with Gasteiger partial charge in [0.15, 0.2) is 0 Å². The number of rotatable bonds is 2. The van der Waals surface area contributed by atoms with Crippen molar-refractivity contribution < 1.29 is 4.79 Å². The Hall–Kier alpha value is -1.36. The van der Waals surface area contributed by atoms with Crippen LogP contribution in [0, 0.1) is 0 Å². The number of halogens is 2. The number of benzene rings is 2. The zero-order valence-electron chi connectivity index (χ0n) is 12.5. The van der Waals surface area contributed by atoms with Gasteiger partial charge in [0, 0.05) is 21.7 Å². The Morgan fingerprint density at radius 3 is 2.43 bits per heavy atom. The molecule has 2 fully saturated rings. The molecule has 2 aromatic rings. The third-order valence-electron chi connectivity index (χ3n) is 4.65. The first-order valence-corrected chi connectivity index (χ1v) is 8.92. The molecule has 2 aromatic carbocycles. The van der Waals surface area contributed by atoms with Crippen LogP contribution in [0.4, 0.5) is 5.69 Å². The molecule has 2 aliphatic heterocycles. The van der Waals surface area contributed by atoms with Gasteiger partial charge in [-0.25, -0.2) is 0 Å². The van der Waals surface area contributed by atoms with Crippen molar-refractivity contribution in [2.75, 3.05) is 11.4 Å². The van der Waals surface area contributed by atoms with E-state index in [4.69, 9.17) is 11.6 Å². The highest BCUT2D eigenvalue weighted by Crippen LogP contribution is 2.42. The van der Waals surface area contributed by atoms with Gasteiger partial charge >= 0.3 is 0 Å². The summed E-state index contributed by atoms with van der Waals surface area (Å²) < 4.78 is 1.04. The Morgan fingerprint density at radius 1 is 1.04 bits per heavy atom. The minimum atomic E-state index is -0.0377. The predicted molar refractivity (Wildman–Crippen MR) is 95.5 cm³/mol. The topological polar surface area (TPSA) is 23.6 Å². The molecule has 23 heavy (non-hydrogen) atoms. The number of nitrogens with zero attached hydrogens (tertiary/aromatic N) is 2. The molecule has 2 atom stereocenters. The normalized spacial score (nSPS) is 24.3. The van der Waals surface area contributed by atoms with E-state index in [0.717, 1.165) is 35.1 Å². The van der Waals surface area contributed by atoms with Crippen molar-refractivity contribution in [2.45, 2.75) is 25.0 Å². The molecule has 3 nitrogen and oxygen atoms in total. The summed E-state index contributed by atoms with van der Waals surface area (Å²) in [5.41, 5.74) is 2.04. The first-order valence-electron chi connectivity index (χ1n) is 7.75. The summed E-state index contributed by atoms with van der Waals surface area (Å²) in [6, 6.07) is 15.8. The van der Waals surface area contributed by atoms with E-state index in [9.17, 15) is 4.79 Å². The SMILES string of the molecule is O=C1C2CCCN2C(c2ccc(Br)cc2)N1c1ccc(Cl)cc1. The van der Waals surface area contributed by atoms with E-state index in [-0.39, 0.29) is 18.1 Å². The second kappa shape index (κ2) is 5.93. The maximum absolute atomic E-state index is 13.0. The van der Waals surface area contributed by atoms with Crippen molar-refractivity contribution in [1.29, 1.82) is 0 Å². The van der Waals surface area contributed by atoms with Gasteiger partial charge in [0.05, 0.1) is 6.04 Å². The lowest BCUT2D eigenvalue weighted by molar-refractivity contribution is -0.119. The van der Waals surface area contributed by atoms with Crippen molar-refractivity contribution in [3.05, 3.63) is 63.6 Å². The van der Waals surface area contributed by atoms with Gasteiger partial charge in [0.2, 0.25) is 5.91 Å². The molecular weight excluding hydrogens is 376 g/mol. The van der Waals surface area contributed by atoms with E-state index >= 15 is 0 Å². The molecule has 2 heterocycles. The lowest BCUT2D eigenvalue weighted by Gasteiger charge is -2.29. The van der Waals surface area contributed by atoms with Crippen LogP contribution in [-0.2, 0) is 4.79 Å². The lowest BCUT2D eigenvalue weighted by atomic mass is 10.1. The smallest absolute Gasteiger partial charge is 0.246 e. The predicted octanol–water partition coefficient (Wildman–Crippen LogP) is 4.61. The fourth-order valence-electron chi connectivity index (χ4n) is 3.62. The monoisotopic (exact) mass is 390 g/mol. The van der Waals surface area contributed by atoms with Gasteiger partial charge in [0.1, 0.15) is 6.17 Å². The summed E-state index contributed by atoms with van der Waals surface area (Å²) in [5, 5.41) is 0.682. The van der Waals surface area contributed by atoms with Crippen LogP contribution in [0.1, 0.15) is 24.6 Å². The van der Waals surface area contributed by atoms with Crippen LogP contribution < -0.4 is 4.90 Å². The maximum Gasteiger partial charge on any atom is 0.246 e. The number of anilines is 1. The molecule has 0 N–H and O–H groups in total. The summed E-state index contributed by atoms with van der Waals surface area (Å²) in [7, 11) is 0. The Balaban J connectivity index is 1.79. The van der Waals surface area contributed by atoms with Gasteiger partial charge in [-0.2, -0.15) is 0 Å². The average Bonchev–Trinajstić information content (AvgIpc) is 3.12. The third-order valence-corrected chi connectivity index (χ3v) is 5.43. The molecule has 4 rings (SSSR count). The van der Waals surface area contributed by atoms with E-state index in [1.807, 2.05) is 41.3 Å². The highest BCUT2D eigenvalue weighted by molar-refractivity contribution is 9.10. The van der Waals surface area contributed by atoms with Gasteiger partial charge in [0.25, 0.3) is 0 Å². The van der Waals surface area contributed by atoms with Crippen LogP contribution >= 0.6 is 27.5 Å². The second-order valence-electron chi connectivity index (χ2n) is 6.01. The molecule has 0 spiro atoms. The highest BCUT2D eigenvalue weighted by Gasteiger charge is 2.49. The van der Waals surface area contributed by atoms with E-state index in [1.165, 1.54) is 0 Å². The van der Waals surface area contributed by atoms with Crippen LogP contribution in [0.25, 0.3) is 0 Å². The fourth-order valence-corrected chi connectivity index (χ4v) is 4.01. The largest absolute Gasteiger partial charge is 0.291 e. The summed E-state index contributed by atoms with van der Waals surface area (Å²) in [6.45, 7) is 0.960. The average molecular weight is 392 g/mol. The molecule has 2 aliphatic rings. The quantitative estimate of drug-likeness (QED) is 0.746. The number of hydrogen-bond donors (Lipinski definition) is 0. The molecule has 0 bridgehead atoms. The first kappa shape index (κ1) is 15.2. The van der Waals surface area contributed by atoms with Gasteiger partial charge in [-0.15, -0.1) is 0 Å². The zero-order valence-corrected chi connectivity index (χ0v) is 14.8. The van der Waals surface area contributed by atoms with Crippen LogP contribution in [0.2, 0.25) is 5.02 Å². The van der Waals surface area contributed by atoms with Gasteiger partial charge in [-0.1, -0.05) is 39.7 Å². The molecule has 0 radical (unpaired) electrons. The first-order chi connectivity index (χ1) is 11.1. The van der Waals surface area contributed by atoms with Crippen LogP contribution in [0.5, 0.6) is 0 Å². The van der Waals surface area contributed by atoms with Crippen molar-refractivity contribution >= 4 is 39.1 Å². The van der Waals surface area contributed by atoms with E-state index in [1.54, 1.807) is 0 Å². The third kappa shape index (κ3) is 2.59. The number of fused-ring (bicyclic) bond motifs is 1. The van der Waals surface area contributed by atoms with Gasteiger partial charge in [-0.05, 0) is 54.8 Å². The van der Waals surface area contributed by atoms with Crippen molar-refractivity contribution in [1.82, 2.24) is 4.90 Å². The molecule has 2 saturated heterocycles. The lowest BCUT2D eigenvalue weighted by Crippen LogP contribution is -2.32. The number of carbonyl (C=O) groups excluding carboxylic acids is 1. The molecule has 0 aromatic heterocycles. The summed E-state index contributed by atoms with van der Waals surface area (Å²) in [5.74, 6) is 0.192. The van der Waals surface area contributed by atoms with Gasteiger partial charge < -0.3 is 0 Å².